The molecule has 1 rings (SSSR count). The monoisotopic (exact) mass is 279 g/mol. The van der Waals surface area contributed by atoms with Crippen LogP contribution in [0.1, 0.15) is 13.8 Å². The molecule has 0 unspecified atom stereocenters. The second-order valence-corrected chi connectivity index (χ2v) is 4.69. The highest BCUT2D eigenvalue weighted by Crippen LogP contribution is 2.23. The molecule has 0 aliphatic rings. The summed E-state index contributed by atoms with van der Waals surface area (Å²) >= 11 is 8.93. The molecule has 4 nitrogen and oxygen atoms in total. The van der Waals surface area contributed by atoms with E-state index in [1.165, 1.54) is 0 Å². The van der Waals surface area contributed by atoms with Crippen molar-refractivity contribution in [3.8, 4) is 0 Å². The van der Waals surface area contributed by atoms with Gasteiger partial charge in [0.2, 0.25) is 5.28 Å². The van der Waals surface area contributed by atoms with E-state index in [9.17, 15) is 0 Å². The van der Waals surface area contributed by atoms with E-state index in [1.54, 1.807) is 6.20 Å². The number of aliphatic hydroxyl groups is 1. The van der Waals surface area contributed by atoms with Gasteiger partial charge >= 0.3 is 0 Å². The zero-order valence-electron chi connectivity index (χ0n) is 7.88. The fourth-order valence-electron chi connectivity index (χ4n) is 0.793. The second kappa shape index (κ2) is 4.42. The molecule has 6 heteroatoms. The number of hydrogen-bond donors (Lipinski definition) is 2. The number of aliphatic hydroxyl groups excluding tert-OH is 1. The Morgan fingerprint density at radius 2 is 2.29 bits per heavy atom. The Morgan fingerprint density at radius 3 is 2.86 bits per heavy atom. The normalized spacial score (nSPS) is 11.5. The Morgan fingerprint density at radius 1 is 1.64 bits per heavy atom. The number of nitrogens with zero attached hydrogens (tertiary/aromatic N) is 2. The largest absolute Gasteiger partial charge is 0.394 e. The molecule has 0 bridgehead atoms. The number of halogens is 2. The first-order valence-electron chi connectivity index (χ1n) is 4.02. The van der Waals surface area contributed by atoms with Gasteiger partial charge in [0.25, 0.3) is 0 Å². The fraction of sp³-hybridized carbons (Fsp3) is 0.500. The third-order valence-corrected chi connectivity index (χ3v) is 2.33. The molecule has 0 saturated heterocycles. The Hall–Kier alpha value is -0.390. The van der Waals surface area contributed by atoms with Crippen molar-refractivity contribution in [1.29, 1.82) is 0 Å². The Labute approximate surface area is 95.8 Å². The first kappa shape index (κ1) is 11.7. The topological polar surface area (TPSA) is 58.0 Å². The van der Waals surface area contributed by atoms with Gasteiger partial charge in [-0.3, -0.25) is 0 Å². The van der Waals surface area contributed by atoms with Gasteiger partial charge < -0.3 is 10.4 Å². The number of rotatable bonds is 3. The Balaban J connectivity index is 2.91. The number of nitrogens with one attached hydrogen (secondary N) is 1. The molecule has 0 spiro atoms. The number of aromatic nitrogens is 2. The molecule has 14 heavy (non-hydrogen) atoms. The summed E-state index contributed by atoms with van der Waals surface area (Å²) in [6.07, 6.45) is 1.56. The predicted molar refractivity (Wildman–Crippen MR) is 59.5 cm³/mol. The standard InChI is InChI=1S/C8H11BrClN3O/c1-8(2,4-14)13-6-5(9)3-11-7(10)12-6/h3,14H,4H2,1-2H3,(H,11,12,13). The highest BCUT2D eigenvalue weighted by Gasteiger charge is 2.18. The lowest BCUT2D eigenvalue weighted by molar-refractivity contribution is 0.234. The van der Waals surface area contributed by atoms with Gasteiger partial charge in [0, 0.05) is 6.20 Å². The van der Waals surface area contributed by atoms with E-state index >= 15 is 0 Å². The summed E-state index contributed by atoms with van der Waals surface area (Å²) in [5.41, 5.74) is -0.444. The van der Waals surface area contributed by atoms with Gasteiger partial charge in [-0.05, 0) is 41.4 Å². The summed E-state index contributed by atoms with van der Waals surface area (Å²) in [6.45, 7) is 3.71. The molecule has 1 heterocycles. The highest BCUT2D eigenvalue weighted by molar-refractivity contribution is 9.10. The molecule has 0 atom stereocenters. The van der Waals surface area contributed by atoms with Crippen molar-refractivity contribution in [3.63, 3.8) is 0 Å². The molecule has 78 valence electrons. The molecule has 0 saturated carbocycles. The summed E-state index contributed by atoms with van der Waals surface area (Å²) in [7, 11) is 0. The van der Waals surface area contributed by atoms with Crippen molar-refractivity contribution >= 4 is 33.3 Å². The third-order valence-electron chi connectivity index (χ3n) is 1.57. The van der Waals surface area contributed by atoms with E-state index in [1.807, 2.05) is 13.8 Å². The van der Waals surface area contributed by atoms with Crippen LogP contribution in [0.15, 0.2) is 10.7 Å². The van der Waals surface area contributed by atoms with Gasteiger partial charge in [0.15, 0.2) is 0 Å². The minimum Gasteiger partial charge on any atom is -0.394 e. The molecule has 1 aromatic heterocycles. The maximum Gasteiger partial charge on any atom is 0.224 e. The van der Waals surface area contributed by atoms with Crippen LogP contribution < -0.4 is 5.32 Å². The molecule has 0 radical (unpaired) electrons. The molecule has 2 N–H and O–H groups in total. The van der Waals surface area contributed by atoms with E-state index in [0.717, 1.165) is 0 Å². The average Bonchev–Trinajstić information content (AvgIpc) is 2.11. The lowest BCUT2D eigenvalue weighted by atomic mass is 10.1. The first-order chi connectivity index (χ1) is 6.44. The predicted octanol–water partition coefficient (Wildman–Crippen LogP) is 2.08. The molecule has 0 aliphatic heterocycles. The number of hydrogen-bond acceptors (Lipinski definition) is 4. The maximum absolute atomic E-state index is 9.06. The van der Waals surface area contributed by atoms with E-state index in [0.29, 0.717) is 10.3 Å². The lowest BCUT2D eigenvalue weighted by Crippen LogP contribution is -2.35. The smallest absolute Gasteiger partial charge is 0.224 e. The quantitative estimate of drug-likeness (QED) is 0.832. The second-order valence-electron chi connectivity index (χ2n) is 3.50. The van der Waals surface area contributed by atoms with Crippen molar-refractivity contribution in [1.82, 2.24) is 9.97 Å². The van der Waals surface area contributed by atoms with Crippen molar-refractivity contribution in [2.75, 3.05) is 11.9 Å². The molecule has 0 aliphatic carbocycles. The zero-order chi connectivity index (χ0) is 10.8. The van der Waals surface area contributed by atoms with Crippen molar-refractivity contribution in [2.24, 2.45) is 0 Å². The summed E-state index contributed by atoms with van der Waals surface area (Å²) in [5.74, 6) is 0.573. The van der Waals surface area contributed by atoms with E-state index in [-0.39, 0.29) is 11.9 Å². The first-order valence-corrected chi connectivity index (χ1v) is 5.19. The molecular weight excluding hydrogens is 269 g/mol. The summed E-state index contributed by atoms with van der Waals surface area (Å²) in [5, 5.41) is 12.3. The van der Waals surface area contributed by atoms with Crippen LogP contribution in [0.4, 0.5) is 5.82 Å². The molecular formula is C8H11BrClN3O. The third kappa shape index (κ3) is 3.08. The van der Waals surface area contributed by atoms with Crippen LogP contribution >= 0.6 is 27.5 Å². The molecule has 0 fully saturated rings. The van der Waals surface area contributed by atoms with Crippen molar-refractivity contribution in [3.05, 3.63) is 16.0 Å². The Bertz CT molecular complexity index is 332. The van der Waals surface area contributed by atoms with Gasteiger partial charge in [0.05, 0.1) is 16.6 Å². The van der Waals surface area contributed by atoms with Gasteiger partial charge in [-0.25, -0.2) is 4.98 Å². The minimum atomic E-state index is -0.444. The SMILES string of the molecule is CC(C)(CO)Nc1nc(Cl)ncc1Br. The Kier molecular flexibility index (Phi) is 3.69. The minimum absolute atomic E-state index is 0.00105. The fourth-order valence-corrected chi connectivity index (χ4v) is 1.22. The van der Waals surface area contributed by atoms with Crippen LogP contribution in [0.5, 0.6) is 0 Å². The van der Waals surface area contributed by atoms with Crippen LogP contribution in [0.2, 0.25) is 5.28 Å². The van der Waals surface area contributed by atoms with Gasteiger partial charge in [0.1, 0.15) is 5.82 Å². The maximum atomic E-state index is 9.06. The molecule has 1 aromatic rings. The van der Waals surface area contributed by atoms with E-state index in [4.69, 9.17) is 16.7 Å². The van der Waals surface area contributed by atoms with Gasteiger partial charge in [-0.15, -0.1) is 0 Å². The van der Waals surface area contributed by atoms with Gasteiger partial charge in [-0.1, -0.05) is 0 Å². The van der Waals surface area contributed by atoms with Crippen LogP contribution in [0.3, 0.4) is 0 Å². The molecule has 0 aromatic carbocycles. The zero-order valence-corrected chi connectivity index (χ0v) is 10.2. The van der Waals surface area contributed by atoms with Crippen molar-refractivity contribution < 1.29 is 5.11 Å². The van der Waals surface area contributed by atoms with E-state index in [2.05, 4.69) is 31.2 Å². The van der Waals surface area contributed by atoms with E-state index < -0.39 is 5.54 Å². The number of anilines is 1. The average molecular weight is 281 g/mol. The summed E-state index contributed by atoms with van der Waals surface area (Å²) < 4.78 is 0.712. The van der Waals surface area contributed by atoms with Crippen LogP contribution in [-0.4, -0.2) is 27.2 Å². The lowest BCUT2D eigenvalue weighted by Gasteiger charge is -2.24. The van der Waals surface area contributed by atoms with Gasteiger partial charge in [-0.2, -0.15) is 4.98 Å². The van der Waals surface area contributed by atoms with Crippen LogP contribution in [0, 0.1) is 0 Å². The summed E-state index contributed by atoms with van der Waals surface area (Å²) in [6, 6.07) is 0. The molecule has 0 amide bonds. The van der Waals surface area contributed by atoms with Crippen LogP contribution in [0.25, 0.3) is 0 Å². The van der Waals surface area contributed by atoms with Crippen molar-refractivity contribution in [2.45, 2.75) is 19.4 Å². The summed E-state index contributed by atoms with van der Waals surface area (Å²) in [4.78, 5) is 7.79. The van der Waals surface area contributed by atoms with Crippen LogP contribution in [-0.2, 0) is 0 Å². The highest BCUT2D eigenvalue weighted by atomic mass is 79.9.